The first-order valence-electron chi connectivity index (χ1n) is 8.83. The first-order valence-corrected chi connectivity index (χ1v) is 8.83. The summed E-state index contributed by atoms with van der Waals surface area (Å²) in [6.45, 7) is 9.13. The van der Waals surface area contributed by atoms with Crippen molar-refractivity contribution in [2.24, 2.45) is 4.99 Å². The SMILES string of the molecule is C=CCNC(=NCCc1ccco1)N1CCN(c2ccccc2)CC1.I. The molecule has 0 amide bonds. The van der Waals surface area contributed by atoms with Gasteiger partial charge in [0.05, 0.1) is 6.26 Å². The normalized spacial score (nSPS) is 14.7. The topological polar surface area (TPSA) is 44.0 Å². The fourth-order valence-corrected chi connectivity index (χ4v) is 2.97. The predicted molar refractivity (Wildman–Crippen MR) is 119 cm³/mol. The van der Waals surface area contributed by atoms with Crippen LogP contribution in [0.15, 0.2) is 70.8 Å². The molecule has 2 heterocycles. The van der Waals surface area contributed by atoms with Crippen molar-refractivity contribution in [3.8, 4) is 0 Å². The number of hydrogen-bond donors (Lipinski definition) is 1. The number of nitrogens with zero attached hydrogens (tertiary/aromatic N) is 3. The maximum absolute atomic E-state index is 5.38. The number of piperazine rings is 1. The van der Waals surface area contributed by atoms with Crippen LogP contribution in [0.5, 0.6) is 0 Å². The lowest BCUT2D eigenvalue weighted by Gasteiger charge is -2.37. The van der Waals surface area contributed by atoms with Gasteiger partial charge < -0.3 is 19.5 Å². The van der Waals surface area contributed by atoms with Gasteiger partial charge in [0.25, 0.3) is 0 Å². The molecule has 0 unspecified atom stereocenters. The minimum Gasteiger partial charge on any atom is -0.469 e. The fourth-order valence-electron chi connectivity index (χ4n) is 2.97. The monoisotopic (exact) mass is 466 g/mol. The summed E-state index contributed by atoms with van der Waals surface area (Å²) in [7, 11) is 0. The summed E-state index contributed by atoms with van der Waals surface area (Å²) in [5.74, 6) is 1.93. The molecule has 1 saturated heterocycles. The zero-order valence-electron chi connectivity index (χ0n) is 15.0. The van der Waals surface area contributed by atoms with Crippen LogP contribution in [0.3, 0.4) is 0 Å². The van der Waals surface area contributed by atoms with Crippen LogP contribution in [0.4, 0.5) is 5.69 Å². The Kier molecular flexibility index (Phi) is 8.53. The molecule has 2 aromatic rings. The van der Waals surface area contributed by atoms with Gasteiger partial charge in [0.2, 0.25) is 0 Å². The number of para-hydroxylation sites is 1. The summed E-state index contributed by atoms with van der Waals surface area (Å²) < 4.78 is 5.38. The van der Waals surface area contributed by atoms with E-state index in [1.54, 1.807) is 6.26 Å². The molecule has 1 N–H and O–H groups in total. The van der Waals surface area contributed by atoms with Gasteiger partial charge >= 0.3 is 0 Å². The van der Waals surface area contributed by atoms with Gasteiger partial charge in [-0.25, -0.2) is 0 Å². The molecule has 0 bridgehead atoms. The van der Waals surface area contributed by atoms with Crippen LogP contribution in [0, 0.1) is 0 Å². The highest BCUT2D eigenvalue weighted by molar-refractivity contribution is 14.0. The van der Waals surface area contributed by atoms with Crippen molar-refractivity contribution in [2.45, 2.75) is 6.42 Å². The van der Waals surface area contributed by atoms with Gasteiger partial charge in [0, 0.05) is 51.4 Å². The van der Waals surface area contributed by atoms with Crippen LogP contribution in [-0.4, -0.2) is 50.1 Å². The first-order chi connectivity index (χ1) is 12.4. The van der Waals surface area contributed by atoms with E-state index in [-0.39, 0.29) is 24.0 Å². The molecule has 0 aliphatic carbocycles. The van der Waals surface area contributed by atoms with E-state index < -0.39 is 0 Å². The number of rotatable bonds is 6. The highest BCUT2D eigenvalue weighted by Crippen LogP contribution is 2.15. The van der Waals surface area contributed by atoms with E-state index in [0.717, 1.165) is 50.9 Å². The van der Waals surface area contributed by atoms with Crippen LogP contribution >= 0.6 is 24.0 Å². The Morgan fingerprint density at radius 1 is 1.12 bits per heavy atom. The average Bonchev–Trinajstić information content (AvgIpc) is 3.19. The van der Waals surface area contributed by atoms with E-state index in [2.05, 4.69) is 52.0 Å². The van der Waals surface area contributed by atoms with Gasteiger partial charge in [-0.15, -0.1) is 30.6 Å². The number of benzene rings is 1. The Labute approximate surface area is 172 Å². The van der Waals surface area contributed by atoms with Crippen molar-refractivity contribution in [3.63, 3.8) is 0 Å². The van der Waals surface area contributed by atoms with Gasteiger partial charge in [-0.3, -0.25) is 4.99 Å². The van der Waals surface area contributed by atoms with Crippen molar-refractivity contribution in [1.82, 2.24) is 10.2 Å². The molecule has 0 atom stereocenters. The number of aliphatic imine (C=N–C) groups is 1. The van der Waals surface area contributed by atoms with Gasteiger partial charge in [-0.05, 0) is 24.3 Å². The lowest BCUT2D eigenvalue weighted by molar-refractivity contribution is 0.373. The Bertz CT molecular complexity index is 664. The molecule has 1 aliphatic heterocycles. The number of hydrogen-bond acceptors (Lipinski definition) is 3. The van der Waals surface area contributed by atoms with E-state index in [9.17, 15) is 0 Å². The van der Waals surface area contributed by atoms with Crippen molar-refractivity contribution in [1.29, 1.82) is 0 Å². The Morgan fingerprint density at radius 3 is 2.54 bits per heavy atom. The van der Waals surface area contributed by atoms with E-state index >= 15 is 0 Å². The number of halogens is 1. The number of anilines is 1. The minimum absolute atomic E-state index is 0. The molecular weight excluding hydrogens is 439 g/mol. The van der Waals surface area contributed by atoms with Gasteiger partial charge in [-0.2, -0.15) is 0 Å². The lowest BCUT2D eigenvalue weighted by Crippen LogP contribution is -2.52. The second-order valence-corrected chi connectivity index (χ2v) is 6.01. The molecule has 1 aromatic carbocycles. The zero-order valence-corrected chi connectivity index (χ0v) is 17.3. The van der Waals surface area contributed by atoms with E-state index in [1.165, 1.54) is 5.69 Å². The molecule has 0 radical (unpaired) electrons. The quantitative estimate of drug-likeness (QED) is 0.307. The van der Waals surface area contributed by atoms with Crippen molar-refractivity contribution < 1.29 is 4.42 Å². The molecule has 6 heteroatoms. The molecule has 0 saturated carbocycles. The summed E-state index contributed by atoms with van der Waals surface area (Å²) in [6, 6.07) is 14.5. The molecule has 5 nitrogen and oxygen atoms in total. The molecule has 1 fully saturated rings. The lowest BCUT2D eigenvalue weighted by atomic mass is 10.2. The maximum Gasteiger partial charge on any atom is 0.194 e. The smallest absolute Gasteiger partial charge is 0.194 e. The number of guanidine groups is 1. The predicted octanol–water partition coefficient (Wildman–Crippen LogP) is 3.39. The van der Waals surface area contributed by atoms with Crippen LogP contribution in [0.25, 0.3) is 0 Å². The standard InChI is InChI=1S/C20H26N4O.HI/c1-2-11-21-20(22-12-10-19-9-6-17-25-19)24-15-13-23(14-16-24)18-7-4-3-5-8-18;/h2-9,17H,1,10-16H2,(H,21,22);1H. The summed E-state index contributed by atoms with van der Waals surface area (Å²) in [5.41, 5.74) is 1.29. The molecular formula is C20H27IN4O. The van der Waals surface area contributed by atoms with Crippen molar-refractivity contribution in [3.05, 3.63) is 67.1 Å². The van der Waals surface area contributed by atoms with Gasteiger partial charge in [-0.1, -0.05) is 24.3 Å². The maximum atomic E-state index is 5.38. The van der Waals surface area contributed by atoms with Crippen LogP contribution < -0.4 is 10.2 Å². The minimum atomic E-state index is 0. The molecule has 0 spiro atoms. The van der Waals surface area contributed by atoms with Gasteiger partial charge in [0.15, 0.2) is 5.96 Å². The van der Waals surface area contributed by atoms with Gasteiger partial charge in [0.1, 0.15) is 5.76 Å². The summed E-state index contributed by atoms with van der Waals surface area (Å²) >= 11 is 0. The number of furan rings is 1. The third-order valence-corrected chi connectivity index (χ3v) is 4.30. The molecule has 3 rings (SSSR count). The van der Waals surface area contributed by atoms with E-state index in [4.69, 9.17) is 9.41 Å². The molecule has 1 aliphatic rings. The summed E-state index contributed by atoms with van der Waals surface area (Å²) in [6.07, 6.45) is 4.39. The van der Waals surface area contributed by atoms with Crippen molar-refractivity contribution >= 4 is 35.6 Å². The summed E-state index contributed by atoms with van der Waals surface area (Å²) in [5, 5.41) is 3.38. The highest BCUT2D eigenvalue weighted by Gasteiger charge is 2.19. The van der Waals surface area contributed by atoms with Crippen LogP contribution in [-0.2, 0) is 6.42 Å². The second kappa shape index (κ2) is 10.9. The van der Waals surface area contributed by atoms with Crippen LogP contribution in [0.2, 0.25) is 0 Å². The molecule has 140 valence electrons. The van der Waals surface area contributed by atoms with Crippen molar-refractivity contribution in [2.75, 3.05) is 44.2 Å². The molecule has 26 heavy (non-hydrogen) atoms. The largest absolute Gasteiger partial charge is 0.469 e. The fraction of sp³-hybridized carbons (Fsp3) is 0.350. The number of nitrogens with one attached hydrogen (secondary N) is 1. The zero-order chi connectivity index (χ0) is 17.3. The second-order valence-electron chi connectivity index (χ2n) is 6.01. The Balaban J connectivity index is 0.00000243. The van der Waals surface area contributed by atoms with Crippen LogP contribution in [0.1, 0.15) is 5.76 Å². The Hall–Kier alpha value is -1.96. The Morgan fingerprint density at radius 2 is 1.88 bits per heavy atom. The molecule has 1 aromatic heterocycles. The highest BCUT2D eigenvalue weighted by atomic mass is 127. The van der Waals surface area contributed by atoms with E-state index in [1.807, 2.05) is 18.2 Å². The summed E-state index contributed by atoms with van der Waals surface area (Å²) in [4.78, 5) is 9.51. The first kappa shape index (κ1) is 20.4. The average molecular weight is 466 g/mol. The third-order valence-electron chi connectivity index (χ3n) is 4.30. The third kappa shape index (κ3) is 5.79. The van der Waals surface area contributed by atoms with E-state index in [0.29, 0.717) is 6.54 Å².